The maximum atomic E-state index is 11.6. The van der Waals surface area contributed by atoms with E-state index in [1.54, 1.807) is 24.3 Å². The molecule has 8 heteroatoms. The number of fused-ring (bicyclic) bond motifs is 1. The molecule has 0 aliphatic heterocycles. The highest BCUT2D eigenvalue weighted by atomic mass is 16.6. The number of hydrogen-bond donors (Lipinski definition) is 4. The third kappa shape index (κ3) is 3.77. The van der Waals surface area contributed by atoms with E-state index < -0.39 is 0 Å². The first-order valence-electron chi connectivity index (χ1n) is 6.40. The molecule has 8 nitrogen and oxygen atoms in total. The van der Waals surface area contributed by atoms with E-state index in [1.807, 2.05) is 12.1 Å². The van der Waals surface area contributed by atoms with Gasteiger partial charge in [0.1, 0.15) is 13.2 Å². The predicted octanol–water partition coefficient (Wildman–Crippen LogP) is 0.497. The fourth-order valence-electron chi connectivity index (χ4n) is 2.05. The third-order valence-electron chi connectivity index (χ3n) is 2.90. The monoisotopic (exact) mass is 304 g/mol. The summed E-state index contributed by atoms with van der Waals surface area (Å²) in [6.45, 7) is -0.499. The summed E-state index contributed by atoms with van der Waals surface area (Å²) in [4.78, 5) is 31.8. The number of carbonyl (C=O) groups is 2. The van der Waals surface area contributed by atoms with Gasteiger partial charge < -0.3 is 10.6 Å². The lowest BCUT2D eigenvalue weighted by Gasteiger charge is -2.12. The molecule has 0 aliphatic carbocycles. The summed E-state index contributed by atoms with van der Waals surface area (Å²) in [5.74, 6) is 9.00. The molecule has 0 fully saturated rings. The zero-order valence-electron chi connectivity index (χ0n) is 11.7. The second kappa shape index (κ2) is 7.48. The Bertz CT molecular complexity index is 630. The number of nitrogens with one attached hydrogen (secondary N) is 2. The van der Waals surface area contributed by atoms with Gasteiger partial charge in [-0.1, -0.05) is 24.3 Å². The molecule has 0 heterocycles. The molecule has 0 aliphatic rings. The number of amides is 2. The van der Waals surface area contributed by atoms with Crippen LogP contribution in [0, 0.1) is 0 Å². The van der Waals surface area contributed by atoms with Crippen molar-refractivity contribution < 1.29 is 19.3 Å². The van der Waals surface area contributed by atoms with Gasteiger partial charge in [-0.05, 0) is 12.1 Å². The molecule has 0 saturated carbocycles. The lowest BCUT2D eigenvalue weighted by Crippen LogP contribution is -2.21. The van der Waals surface area contributed by atoms with Crippen molar-refractivity contribution >= 4 is 34.0 Å². The molecule has 22 heavy (non-hydrogen) atoms. The first-order chi connectivity index (χ1) is 10.7. The minimum atomic E-state index is -0.374. The van der Waals surface area contributed by atoms with Crippen molar-refractivity contribution in [2.75, 3.05) is 23.8 Å². The van der Waals surface area contributed by atoms with Crippen molar-refractivity contribution in [3.05, 3.63) is 36.4 Å². The Morgan fingerprint density at radius 3 is 1.59 bits per heavy atom. The van der Waals surface area contributed by atoms with Crippen molar-refractivity contribution in [3.8, 4) is 0 Å². The maximum Gasteiger partial charge on any atom is 0.252 e. The Hall–Kier alpha value is -2.52. The Labute approximate surface area is 126 Å². The Balaban J connectivity index is 2.33. The number of carbonyl (C=O) groups excluding carboxylic acids is 2. The molecule has 0 aromatic heterocycles. The molecule has 2 aromatic carbocycles. The van der Waals surface area contributed by atoms with E-state index in [2.05, 4.69) is 20.3 Å². The van der Waals surface area contributed by atoms with Crippen LogP contribution in [0.25, 0.3) is 10.8 Å². The lowest BCUT2D eigenvalue weighted by atomic mass is 10.1. The summed E-state index contributed by atoms with van der Waals surface area (Å²) in [7, 11) is 0. The van der Waals surface area contributed by atoms with Crippen molar-refractivity contribution in [1.82, 2.24) is 0 Å². The van der Waals surface area contributed by atoms with Crippen molar-refractivity contribution in [2.45, 2.75) is 0 Å². The molecule has 6 N–H and O–H groups in total. The molecule has 0 unspecified atom stereocenters. The zero-order valence-corrected chi connectivity index (χ0v) is 11.7. The number of rotatable bonds is 6. The third-order valence-corrected chi connectivity index (χ3v) is 2.90. The van der Waals surface area contributed by atoms with Gasteiger partial charge in [-0.3, -0.25) is 19.3 Å². The number of anilines is 2. The van der Waals surface area contributed by atoms with Crippen LogP contribution in [-0.2, 0) is 19.3 Å². The van der Waals surface area contributed by atoms with E-state index in [0.29, 0.717) is 11.4 Å². The van der Waals surface area contributed by atoms with Gasteiger partial charge in [0.15, 0.2) is 0 Å². The highest BCUT2D eigenvalue weighted by molar-refractivity contribution is 6.09. The molecular weight excluding hydrogens is 288 g/mol. The molecule has 0 saturated heterocycles. The fraction of sp³-hybridized carbons (Fsp3) is 0.143. The van der Waals surface area contributed by atoms with Gasteiger partial charge in [0.25, 0.3) is 11.8 Å². The standard InChI is InChI=1S/C14H16N4O4/c15-21-7-13(19)17-11-5-1-3-9-10(11)4-2-6-12(9)18-14(20)8-22-16/h1-6H,7-8,15-16H2,(H,17,19)(H,18,20). The average molecular weight is 304 g/mol. The molecule has 0 radical (unpaired) electrons. The summed E-state index contributed by atoms with van der Waals surface area (Å²) in [6.07, 6.45) is 0. The minimum Gasteiger partial charge on any atom is -0.323 e. The van der Waals surface area contributed by atoms with Crippen LogP contribution in [0.5, 0.6) is 0 Å². The second-order valence-electron chi connectivity index (χ2n) is 4.42. The van der Waals surface area contributed by atoms with E-state index in [1.165, 1.54) is 0 Å². The predicted molar refractivity (Wildman–Crippen MR) is 81.5 cm³/mol. The Morgan fingerprint density at radius 2 is 1.23 bits per heavy atom. The fourth-order valence-corrected chi connectivity index (χ4v) is 2.05. The summed E-state index contributed by atoms with van der Waals surface area (Å²) in [5, 5.41) is 6.91. The van der Waals surface area contributed by atoms with E-state index in [4.69, 9.17) is 11.8 Å². The van der Waals surface area contributed by atoms with E-state index in [-0.39, 0.29) is 25.0 Å². The van der Waals surface area contributed by atoms with Gasteiger partial charge in [0.05, 0.1) is 0 Å². The average Bonchev–Trinajstić information content (AvgIpc) is 2.48. The van der Waals surface area contributed by atoms with Crippen LogP contribution < -0.4 is 22.4 Å². The van der Waals surface area contributed by atoms with E-state index in [9.17, 15) is 9.59 Å². The van der Waals surface area contributed by atoms with Crippen LogP contribution in [0.15, 0.2) is 36.4 Å². The lowest BCUT2D eigenvalue weighted by molar-refractivity contribution is -0.121. The molecule has 2 rings (SSSR count). The molecule has 2 aromatic rings. The van der Waals surface area contributed by atoms with Gasteiger partial charge in [-0.15, -0.1) is 0 Å². The normalized spacial score (nSPS) is 10.5. The highest BCUT2D eigenvalue weighted by Crippen LogP contribution is 2.29. The number of hydrogen-bond acceptors (Lipinski definition) is 6. The quantitative estimate of drug-likeness (QED) is 0.575. The van der Waals surface area contributed by atoms with Crippen LogP contribution in [0.1, 0.15) is 0 Å². The van der Waals surface area contributed by atoms with E-state index in [0.717, 1.165) is 10.8 Å². The molecule has 0 spiro atoms. The first-order valence-corrected chi connectivity index (χ1v) is 6.40. The van der Waals surface area contributed by atoms with Crippen molar-refractivity contribution in [3.63, 3.8) is 0 Å². The van der Waals surface area contributed by atoms with Crippen molar-refractivity contribution in [1.29, 1.82) is 0 Å². The summed E-state index contributed by atoms with van der Waals surface area (Å²) in [6, 6.07) is 10.6. The Kier molecular flexibility index (Phi) is 5.39. The molecule has 0 atom stereocenters. The maximum absolute atomic E-state index is 11.6. The van der Waals surface area contributed by atoms with Gasteiger partial charge >= 0.3 is 0 Å². The molecule has 116 valence electrons. The smallest absolute Gasteiger partial charge is 0.252 e. The number of benzene rings is 2. The van der Waals surface area contributed by atoms with Gasteiger partial charge in [-0.2, -0.15) is 0 Å². The summed E-state index contributed by atoms with van der Waals surface area (Å²) < 4.78 is 0. The zero-order chi connectivity index (χ0) is 15.9. The number of nitrogens with two attached hydrogens (primary N) is 2. The summed E-state index contributed by atoms with van der Waals surface area (Å²) >= 11 is 0. The largest absolute Gasteiger partial charge is 0.323 e. The molecule has 2 amide bonds. The van der Waals surface area contributed by atoms with Crippen LogP contribution in [0.3, 0.4) is 0 Å². The van der Waals surface area contributed by atoms with Gasteiger partial charge in [-0.25, -0.2) is 11.8 Å². The minimum absolute atomic E-state index is 0.249. The SMILES string of the molecule is NOCC(=O)Nc1cccc2c(NC(=O)CON)cccc12. The summed E-state index contributed by atoms with van der Waals surface area (Å²) in [5.41, 5.74) is 1.18. The molecule has 0 bridgehead atoms. The van der Waals surface area contributed by atoms with Crippen LogP contribution in [-0.4, -0.2) is 25.0 Å². The van der Waals surface area contributed by atoms with Gasteiger partial charge in [0.2, 0.25) is 0 Å². The van der Waals surface area contributed by atoms with Gasteiger partial charge in [0, 0.05) is 22.1 Å². The highest BCUT2D eigenvalue weighted by Gasteiger charge is 2.09. The second-order valence-corrected chi connectivity index (χ2v) is 4.42. The first kappa shape index (κ1) is 15.9. The molecular formula is C14H16N4O4. The van der Waals surface area contributed by atoms with Crippen LogP contribution >= 0.6 is 0 Å². The van der Waals surface area contributed by atoms with Crippen LogP contribution in [0.2, 0.25) is 0 Å². The topological polar surface area (TPSA) is 129 Å². The van der Waals surface area contributed by atoms with Crippen molar-refractivity contribution in [2.24, 2.45) is 11.8 Å². The van der Waals surface area contributed by atoms with Crippen LogP contribution in [0.4, 0.5) is 11.4 Å². The Morgan fingerprint density at radius 1 is 0.818 bits per heavy atom. The van der Waals surface area contributed by atoms with E-state index >= 15 is 0 Å².